The molecule has 4 heteroatoms. The zero-order valence-electron chi connectivity index (χ0n) is 7.84. The summed E-state index contributed by atoms with van der Waals surface area (Å²) in [4.78, 5) is 0. The second-order valence-electron chi connectivity index (χ2n) is 3.53. The molecule has 2 heterocycles. The number of hydrogen-bond acceptors (Lipinski definition) is 3. The molecule has 4 nitrogen and oxygen atoms in total. The topological polar surface area (TPSA) is 63.9 Å². The maximum Gasteiger partial charge on any atom is 0.148 e. The van der Waals surface area contributed by atoms with Gasteiger partial charge in [0.05, 0.1) is 0 Å². The SMILES string of the molecule is Cc1[nH]nc(N)c1C1CCOCC1. The zero-order chi connectivity index (χ0) is 9.26. The van der Waals surface area contributed by atoms with Gasteiger partial charge in [-0.25, -0.2) is 0 Å². The van der Waals surface area contributed by atoms with Gasteiger partial charge in [-0.3, -0.25) is 5.10 Å². The molecule has 13 heavy (non-hydrogen) atoms. The van der Waals surface area contributed by atoms with Crippen molar-refractivity contribution in [2.24, 2.45) is 0 Å². The molecule has 1 aliphatic rings. The summed E-state index contributed by atoms with van der Waals surface area (Å²) in [5.74, 6) is 1.19. The Labute approximate surface area is 77.5 Å². The molecule has 0 amide bonds. The van der Waals surface area contributed by atoms with Crippen molar-refractivity contribution in [2.45, 2.75) is 25.7 Å². The lowest BCUT2D eigenvalue weighted by Crippen LogP contribution is -2.15. The molecule has 0 unspecified atom stereocenters. The van der Waals surface area contributed by atoms with Crippen molar-refractivity contribution in [3.05, 3.63) is 11.3 Å². The Balaban J connectivity index is 2.22. The molecule has 0 atom stereocenters. The number of aromatic nitrogens is 2. The molecule has 3 N–H and O–H groups in total. The first-order valence-corrected chi connectivity index (χ1v) is 4.67. The largest absolute Gasteiger partial charge is 0.382 e. The summed E-state index contributed by atoms with van der Waals surface area (Å²) in [5.41, 5.74) is 8.09. The van der Waals surface area contributed by atoms with Gasteiger partial charge in [-0.1, -0.05) is 0 Å². The summed E-state index contributed by atoms with van der Waals surface area (Å²) in [5, 5.41) is 6.92. The number of ether oxygens (including phenoxy) is 1. The lowest BCUT2D eigenvalue weighted by Gasteiger charge is -2.22. The third kappa shape index (κ3) is 1.54. The third-order valence-corrected chi connectivity index (χ3v) is 2.65. The minimum absolute atomic E-state index is 0.535. The Kier molecular flexibility index (Phi) is 2.22. The van der Waals surface area contributed by atoms with Gasteiger partial charge >= 0.3 is 0 Å². The molecule has 0 aliphatic carbocycles. The normalized spacial score (nSPS) is 19.2. The van der Waals surface area contributed by atoms with Crippen molar-refractivity contribution in [3.63, 3.8) is 0 Å². The van der Waals surface area contributed by atoms with Crippen LogP contribution < -0.4 is 5.73 Å². The number of nitrogens with zero attached hydrogens (tertiary/aromatic N) is 1. The van der Waals surface area contributed by atoms with Crippen LogP contribution in [0.2, 0.25) is 0 Å². The van der Waals surface area contributed by atoms with Crippen LogP contribution in [0.25, 0.3) is 0 Å². The summed E-state index contributed by atoms with van der Waals surface area (Å²) in [6, 6.07) is 0. The van der Waals surface area contributed by atoms with Crippen molar-refractivity contribution >= 4 is 5.82 Å². The predicted octanol–water partition coefficient (Wildman–Crippen LogP) is 1.19. The molecule has 0 radical (unpaired) electrons. The molecule has 0 saturated carbocycles. The van der Waals surface area contributed by atoms with Gasteiger partial charge in [-0.15, -0.1) is 0 Å². The van der Waals surface area contributed by atoms with Crippen LogP contribution in [0.15, 0.2) is 0 Å². The van der Waals surface area contributed by atoms with Crippen LogP contribution in [0.1, 0.15) is 30.0 Å². The lowest BCUT2D eigenvalue weighted by atomic mass is 9.91. The molecule has 0 aromatic carbocycles. The monoisotopic (exact) mass is 181 g/mol. The van der Waals surface area contributed by atoms with E-state index in [4.69, 9.17) is 10.5 Å². The molecule has 0 spiro atoms. The average molecular weight is 181 g/mol. The van der Waals surface area contributed by atoms with Gasteiger partial charge in [0.2, 0.25) is 0 Å². The van der Waals surface area contributed by atoms with Crippen LogP contribution >= 0.6 is 0 Å². The van der Waals surface area contributed by atoms with E-state index < -0.39 is 0 Å². The predicted molar refractivity (Wildman–Crippen MR) is 50.5 cm³/mol. The van der Waals surface area contributed by atoms with E-state index >= 15 is 0 Å². The number of aryl methyl sites for hydroxylation is 1. The van der Waals surface area contributed by atoms with E-state index in [1.54, 1.807) is 0 Å². The first-order valence-electron chi connectivity index (χ1n) is 4.67. The van der Waals surface area contributed by atoms with Crippen LogP contribution in [0.4, 0.5) is 5.82 Å². The maximum atomic E-state index is 5.79. The van der Waals surface area contributed by atoms with E-state index in [2.05, 4.69) is 10.2 Å². The number of nitrogens with one attached hydrogen (secondary N) is 1. The number of rotatable bonds is 1. The third-order valence-electron chi connectivity index (χ3n) is 2.65. The van der Waals surface area contributed by atoms with E-state index in [0.717, 1.165) is 31.7 Å². The number of hydrogen-bond donors (Lipinski definition) is 2. The van der Waals surface area contributed by atoms with Crippen LogP contribution in [0, 0.1) is 6.92 Å². The van der Waals surface area contributed by atoms with E-state index in [-0.39, 0.29) is 0 Å². The summed E-state index contributed by atoms with van der Waals surface area (Å²) in [6.07, 6.45) is 2.12. The summed E-state index contributed by atoms with van der Waals surface area (Å²) < 4.78 is 5.31. The van der Waals surface area contributed by atoms with Gasteiger partial charge < -0.3 is 10.5 Å². The maximum absolute atomic E-state index is 5.79. The molecule has 72 valence electrons. The van der Waals surface area contributed by atoms with Gasteiger partial charge in [-0.2, -0.15) is 5.10 Å². The van der Waals surface area contributed by atoms with Gasteiger partial charge in [0, 0.05) is 24.5 Å². The molecule has 1 fully saturated rings. The molecule has 1 saturated heterocycles. The number of nitrogens with two attached hydrogens (primary N) is 1. The van der Waals surface area contributed by atoms with Crippen molar-refractivity contribution in [1.82, 2.24) is 10.2 Å². The molecule has 1 aliphatic heterocycles. The van der Waals surface area contributed by atoms with Crippen LogP contribution in [0.5, 0.6) is 0 Å². The van der Waals surface area contributed by atoms with Gasteiger partial charge in [-0.05, 0) is 25.7 Å². The van der Waals surface area contributed by atoms with Gasteiger partial charge in [0.1, 0.15) is 5.82 Å². The Morgan fingerprint density at radius 2 is 2.15 bits per heavy atom. The first-order chi connectivity index (χ1) is 6.29. The van der Waals surface area contributed by atoms with Crippen LogP contribution in [-0.4, -0.2) is 23.4 Å². The Hall–Kier alpha value is -1.03. The van der Waals surface area contributed by atoms with Crippen molar-refractivity contribution in [2.75, 3.05) is 18.9 Å². The highest BCUT2D eigenvalue weighted by molar-refractivity contribution is 5.44. The molecule has 1 aromatic heterocycles. The molecule has 1 aromatic rings. The summed E-state index contributed by atoms with van der Waals surface area (Å²) >= 11 is 0. The van der Waals surface area contributed by atoms with E-state index in [1.165, 1.54) is 5.56 Å². The second kappa shape index (κ2) is 3.38. The second-order valence-corrected chi connectivity index (χ2v) is 3.53. The minimum Gasteiger partial charge on any atom is -0.382 e. The Morgan fingerprint density at radius 1 is 1.46 bits per heavy atom. The lowest BCUT2D eigenvalue weighted by molar-refractivity contribution is 0.0853. The van der Waals surface area contributed by atoms with Crippen molar-refractivity contribution in [3.8, 4) is 0 Å². The highest BCUT2D eigenvalue weighted by atomic mass is 16.5. The Bertz CT molecular complexity index is 270. The minimum atomic E-state index is 0.535. The average Bonchev–Trinajstić information content (AvgIpc) is 2.48. The quantitative estimate of drug-likeness (QED) is 0.684. The van der Waals surface area contributed by atoms with Crippen LogP contribution in [0.3, 0.4) is 0 Å². The van der Waals surface area contributed by atoms with E-state index in [1.807, 2.05) is 6.92 Å². The molecular weight excluding hydrogens is 166 g/mol. The van der Waals surface area contributed by atoms with E-state index in [9.17, 15) is 0 Å². The highest BCUT2D eigenvalue weighted by Crippen LogP contribution is 2.31. The first kappa shape index (κ1) is 8.56. The smallest absolute Gasteiger partial charge is 0.148 e. The fourth-order valence-corrected chi connectivity index (χ4v) is 1.96. The molecular formula is C9H15N3O. The molecule has 2 rings (SSSR count). The molecule has 0 bridgehead atoms. The number of H-pyrrole nitrogens is 1. The summed E-state index contributed by atoms with van der Waals surface area (Å²) in [7, 11) is 0. The zero-order valence-corrected chi connectivity index (χ0v) is 7.84. The number of aromatic amines is 1. The highest BCUT2D eigenvalue weighted by Gasteiger charge is 2.21. The fraction of sp³-hybridized carbons (Fsp3) is 0.667. The van der Waals surface area contributed by atoms with E-state index in [0.29, 0.717) is 11.7 Å². The summed E-state index contributed by atoms with van der Waals surface area (Å²) in [6.45, 7) is 3.71. The Morgan fingerprint density at radius 3 is 2.69 bits per heavy atom. The number of anilines is 1. The van der Waals surface area contributed by atoms with Crippen molar-refractivity contribution in [1.29, 1.82) is 0 Å². The van der Waals surface area contributed by atoms with Gasteiger partial charge in [0.15, 0.2) is 0 Å². The van der Waals surface area contributed by atoms with Gasteiger partial charge in [0.25, 0.3) is 0 Å². The number of nitrogen functional groups attached to an aromatic ring is 1. The van der Waals surface area contributed by atoms with Crippen molar-refractivity contribution < 1.29 is 4.74 Å². The van der Waals surface area contributed by atoms with Crippen LogP contribution in [-0.2, 0) is 4.74 Å². The fourth-order valence-electron chi connectivity index (χ4n) is 1.96. The standard InChI is InChI=1S/C9H15N3O/c1-6-8(9(10)12-11-6)7-2-4-13-5-3-7/h7H,2-5H2,1H3,(H3,10,11,12).